The summed E-state index contributed by atoms with van der Waals surface area (Å²) in [5.74, 6) is -0.150. The van der Waals surface area contributed by atoms with E-state index >= 15 is 0 Å². The van der Waals surface area contributed by atoms with Crippen molar-refractivity contribution in [2.24, 2.45) is 0 Å². The third kappa shape index (κ3) is 4.75. The molecule has 0 heterocycles. The van der Waals surface area contributed by atoms with Crippen LogP contribution in [0.15, 0.2) is 24.3 Å². The molecule has 0 saturated carbocycles. The van der Waals surface area contributed by atoms with Gasteiger partial charge in [0.15, 0.2) is 0 Å². The lowest BCUT2D eigenvalue weighted by atomic mass is 10.0. The third-order valence-corrected chi connectivity index (χ3v) is 2.98. The van der Waals surface area contributed by atoms with Crippen molar-refractivity contribution in [1.29, 1.82) is 0 Å². The van der Waals surface area contributed by atoms with Gasteiger partial charge in [-0.25, -0.2) is 4.39 Å². The van der Waals surface area contributed by atoms with Crippen LogP contribution in [0.1, 0.15) is 38.2 Å². The van der Waals surface area contributed by atoms with Gasteiger partial charge in [0.25, 0.3) is 0 Å². The molecule has 0 bridgehead atoms. The molecule has 0 aromatic heterocycles. The molecule has 0 radical (unpaired) electrons. The monoisotopic (exact) mass is 223 g/mol. The van der Waals surface area contributed by atoms with Crippen LogP contribution in [-0.4, -0.2) is 13.1 Å². The van der Waals surface area contributed by atoms with Crippen LogP contribution in [0.5, 0.6) is 0 Å². The highest BCUT2D eigenvalue weighted by Crippen LogP contribution is 2.10. The van der Waals surface area contributed by atoms with E-state index in [-0.39, 0.29) is 5.82 Å². The van der Waals surface area contributed by atoms with Crippen LogP contribution >= 0.6 is 0 Å². The van der Waals surface area contributed by atoms with Crippen LogP contribution in [0.3, 0.4) is 0 Å². The summed E-state index contributed by atoms with van der Waals surface area (Å²) < 4.78 is 12.7. The van der Waals surface area contributed by atoms with Crippen molar-refractivity contribution in [3.8, 4) is 0 Å². The number of halogens is 1. The minimum absolute atomic E-state index is 0.150. The predicted molar refractivity (Wildman–Crippen MR) is 67.1 cm³/mol. The van der Waals surface area contributed by atoms with Gasteiger partial charge in [0.05, 0.1) is 0 Å². The Bertz CT molecular complexity index is 281. The summed E-state index contributed by atoms with van der Waals surface area (Å²) in [6, 6.07) is 7.46. The number of benzene rings is 1. The molecule has 0 spiro atoms. The molecule has 0 fully saturated rings. The summed E-state index contributed by atoms with van der Waals surface area (Å²) in [5, 5.41) is 3.34. The molecule has 0 aliphatic carbocycles. The molecule has 0 aliphatic rings. The molecule has 1 rings (SSSR count). The quantitative estimate of drug-likeness (QED) is 0.745. The lowest BCUT2D eigenvalue weighted by Crippen LogP contribution is -2.24. The summed E-state index contributed by atoms with van der Waals surface area (Å²) in [7, 11) is 2.03. The van der Waals surface area contributed by atoms with E-state index in [4.69, 9.17) is 0 Å². The molecule has 1 atom stereocenters. The Morgan fingerprint density at radius 3 is 2.44 bits per heavy atom. The second-order valence-corrected chi connectivity index (χ2v) is 4.29. The summed E-state index contributed by atoms with van der Waals surface area (Å²) in [5.41, 5.74) is 1.23. The van der Waals surface area contributed by atoms with Crippen molar-refractivity contribution in [3.63, 3.8) is 0 Å². The second-order valence-electron chi connectivity index (χ2n) is 4.29. The maximum atomic E-state index is 12.7. The Balaban J connectivity index is 2.26. The van der Waals surface area contributed by atoms with E-state index < -0.39 is 0 Å². The molecule has 1 unspecified atom stereocenters. The van der Waals surface area contributed by atoms with Gasteiger partial charge in [-0.3, -0.25) is 0 Å². The van der Waals surface area contributed by atoms with Crippen molar-refractivity contribution in [2.75, 3.05) is 7.05 Å². The molecular formula is C14H22FN. The van der Waals surface area contributed by atoms with E-state index in [1.807, 2.05) is 19.2 Å². The summed E-state index contributed by atoms with van der Waals surface area (Å²) in [6.45, 7) is 2.21. The Hall–Kier alpha value is -0.890. The van der Waals surface area contributed by atoms with Gasteiger partial charge < -0.3 is 5.32 Å². The number of hydrogen-bond acceptors (Lipinski definition) is 1. The van der Waals surface area contributed by atoms with E-state index in [0.29, 0.717) is 6.04 Å². The summed E-state index contributed by atoms with van der Waals surface area (Å²) in [6.07, 6.45) is 5.86. The first-order valence-corrected chi connectivity index (χ1v) is 6.18. The third-order valence-electron chi connectivity index (χ3n) is 2.98. The van der Waals surface area contributed by atoms with Crippen molar-refractivity contribution >= 4 is 0 Å². The standard InChI is InChI=1S/C14H22FN/c1-3-5-14(16-2)7-4-6-12-8-10-13(15)11-9-12/h8-11,14,16H,3-7H2,1-2H3. The molecule has 90 valence electrons. The first kappa shape index (κ1) is 13.2. The van der Waals surface area contributed by atoms with Crippen molar-refractivity contribution in [2.45, 2.75) is 45.1 Å². The highest BCUT2D eigenvalue weighted by atomic mass is 19.1. The fraction of sp³-hybridized carbons (Fsp3) is 0.571. The van der Waals surface area contributed by atoms with Crippen LogP contribution in [0.4, 0.5) is 4.39 Å². The minimum Gasteiger partial charge on any atom is -0.317 e. The molecule has 16 heavy (non-hydrogen) atoms. The van der Waals surface area contributed by atoms with E-state index in [2.05, 4.69) is 12.2 Å². The van der Waals surface area contributed by atoms with Crippen LogP contribution < -0.4 is 5.32 Å². The number of nitrogens with one attached hydrogen (secondary N) is 1. The summed E-state index contributed by atoms with van der Waals surface area (Å²) >= 11 is 0. The van der Waals surface area contributed by atoms with Crippen LogP contribution in [-0.2, 0) is 6.42 Å². The molecule has 0 amide bonds. The first-order valence-electron chi connectivity index (χ1n) is 6.18. The molecule has 0 aliphatic heterocycles. The highest BCUT2D eigenvalue weighted by molar-refractivity contribution is 5.15. The fourth-order valence-corrected chi connectivity index (χ4v) is 1.99. The Morgan fingerprint density at radius 2 is 1.88 bits per heavy atom. The van der Waals surface area contributed by atoms with Crippen LogP contribution in [0.2, 0.25) is 0 Å². The predicted octanol–water partition coefficient (Wildman–Crippen LogP) is 3.54. The van der Waals surface area contributed by atoms with E-state index in [1.54, 1.807) is 0 Å². The zero-order valence-electron chi connectivity index (χ0n) is 10.3. The topological polar surface area (TPSA) is 12.0 Å². The molecule has 2 heteroatoms. The maximum absolute atomic E-state index is 12.7. The molecule has 1 N–H and O–H groups in total. The van der Waals surface area contributed by atoms with Crippen molar-refractivity contribution < 1.29 is 4.39 Å². The fourth-order valence-electron chi connectivity index (χ4n) is 1.99. The average molecular weight is 223 g/mol. The van der Waals surface area contributed by atoms with Crippen molar-refractivity contribution in [1.82, 2.24) is 5.32 Å². The second kappa shape index (κ2) is 7.39. The van der Waals surface area contributed by atoms with Crippen LogP contribution in [0, 0.1) is 5.82 Å². The molecule has 0 saturated heterocycles. The van der Waals surface area contributed by atoms with Gasteiger partial charge in [-0.2, -0.15) is 0 Å². The number of rotatable bonds is 7. The van der Waals surface area contributed by atoms with E-state index in [0.717, 1.165) is 12.8 Å². The normalized spacial score (nSPS) is 12.7. The van der Waals surface area contributed by atoms with Crippen molar-refractivity contribution in [3.05, 3.63) is 35.6 Å². The molecule has 1 aromatic carbocycles. The van der Waals surface area contributed by atoms with Gasteiger partial charge >= 0.3 is 0 Å². The zero-order valence-corrected chi connectivity index (χ0v) is 10.3. The molecule has 1 nitrogen and oxygen atoms in total. The van der Waals surface area contributed by atoms with Gasteiger partial charge in [0.1, 0.15) is 5.82 Å². The summed E-state index contributed by atoms with van der Waals surface area (Å²) in [4.78, 5) is 0. The first-order chi connectivity index (χ1) is 7.76. The minimum atomic E-state index is -0.150. The Kier molecular flexibility index (Phi) is 6.09. The Labute approximate surface area is 98.1 Å². The number of aryl methyl sites for hydroxylation is 1. The average Bonchev–Trinajstić information content (AvgIpc) is 2.30. The highest BCUT2D eigenvalue weighted by Gasteiger charge is 2.04. The van der Waals surface area contributed by atoms with Gasteiger partial charge in [-0.05, 0) is 50.4 Å². The number of hydrogen-bond donors (Lipinski definition) is 1. The Morgan fingerprint density at radius 1 is 1.19 bits per heavy atom. The molecule has 1 aromatic rings. The largest absolute Gasteiger partial charge is 0.317 e. The van der Waals surface area contributed by atoms with Gasteiger partial charge in [-0.1, -0.05) is 25.5 Å². The van der Waals surface area contributed by atoms with Gasteiger partial charge in [0.2, 0.25) is 0 Å². The van der Waals surface area contributed by atoms with Crippen LogP contribution in [0.25, 0.3) is 0 Å². The smallest absolute Gasteiger partial charge is 0.123 e. The lowest BCUT2D eigenvalue weighted by Gasteiger charge is -2.14. The maximum Gasteiger partial charge on any atom is 0.123 e. The lowest BCUT2D eigenvalue weighted by molar-refractivity contribution is 0.469. The van der Waals surface area contributed by atoms with Gasteiger partial charge in [0, 0.05) is 6.04 Å². The van der Waals surface area contributed by atoms with Gasteiger partial charge in [-0.15, -0.1) is 0 Å². The van der Waals surface area contributed by atoms with E-state index in [1.165, 1.54) is 37.0 Å². The SMILES string of the molecule is CCCC(CCCc1ccc(F)cc1)NC. The molecular weight excluding hydrogens is 201 g/mol. The van der Waals surface area contributed by atoms with E-state index in [9.17, 15) is 4.39 Å². The zero-order chi connectivity index (χ0) is 11.8.